The Kier molecular flexibility index (Phi) is 6.08. The first kappa shape index (κ1) is 21.7. The van der Waals surface area contributed by atoms with Crippen molar-refractivity contribution in [3.63, 3.8) is 0 Å². The van der Waals surface area contributed by atoms with Gasteiger partial charge in [-0.05, 0) is 54.7 Å². The molecule has 2 atom stereocenters. The molecule has 2 aromatic carbocycles. The summed E-state index contributed by atoms with van der Waals surface area (Å²) in [6.45, 7) is 6.37. The summed E-state index contributed by atoms with van der Waals surface area (Å²) in [5.74, 6) is -0.300. The summed E-state index contributed by atoms with van der Waals surface area (Å²) >= 11 is 0. The number of carbonyl (C=O) groups is 2. The smallest absolute Gasteiger partial charge is 0.276 e. The zero-order chi connectivity index (χ0) is 22.8. The van der Waals surface area contributed by atoms with Gasteiger partial charge in [0.1, 0.15) is 11.9 Å². The van der Waals surface area contributed by atoms with Gasteiger partial charge in [-0.1, -0.05) is 43.3 Å². The first-order chi connectivity index (χ1) is 15.3. The lowest BCUT2D eigenvalue weighted by atomic mass is 9.93. The molecule has 4 rings (SSSR count). The van der Waals surface area contributed by atoms with Crippen LogP contribution in [0.3, 0.4) is 0 Å². The molecule has 1 aliphatic heterocycles. The van der Waals surface area contributed by atoms with Gasteiger partial charge in [0.25, 0.3) is 5.91 Å². The van der Waals surface area contributed by atoms with Crippen molar-refractivity contribution < 1.29 is 18.5 Å². The third-order valence-corrected chi connectivity index (χ3v) is 5.75. The molecule has 2 heterocycles. The van der Waals surface area contributed by atoms with Gasteiger partial charge in [-0.2, -0.15) is 0 Å². The minimum Gasteiger partial charge on any atom is -0.355 e. The molecule has 166 valence electrons. The Morgan fingerprint density at radius 1 is 1.22 bits per heavy atom. The highest BCUT2D eigenvalue weighted by molar-refractivity contribution is 5.97. The third-order valence-electron chi connectivity index (χ3n) is 5.75. The van der Waals surface area contributed by atoms with E-state index >= 15 is 0 Å². The first-order valence-corrected chi connectivity index (χ1v) is 10.7. The van der Waals surface area contributed by atoms with Crippen LogP contribution in [-0.4, -0.2) is 34.5 Å². The van der Waals surface area contributed by atoms with E-state index in [4.69, 9.17) is 4.52 Å². The number of hydrogen-bond acceptors (Lipinski definition) is 4. The lowest BCUT2D eigenvalue weighted by Crippen LogP contribution is -2.58. The Hall–Kier alpha value is -3.48. The lowest BCUT2D eigenvalue weighted by Gasteiger charge is -2.40. The van der Waals surface area contributed by atoms with Crippen molar-refractivity contribution in [3.8, 4) is 11.3 Å². The summed E-state index contributed by atoms with van der Waals surface area (Å²) in [5.41, 5.74) is 2.77. The predicted molar refractivity (Wildman–Crippen MR) is 118 cm³/mol. The molecule has 1 saturated heterocycles. The van der Waals surface area contributed by atoms with Crippen LogP contribution in [0.2, 0.25) is 0 Å². The minimum absolute atomic E-state index is 0.122. The number of amides is 2. The van der Waals surface area contributed by atoms with Crippen LogP contribution in [0.4, 0.5) is 4.39 Å². The van der Waals surface area contributed by atoms with Crippen molar-refractivity contribution in [1.29, 1.82) is 0 Å². The van der Waals surface area contributed by atoms with E-state index in [9.17, 15) is 14.0 Å². The van der Waals surface area contributed by atoms with Gasteiger partial charge >= 0.3 is 0 Å². The lowest BCUT2D eigenvalue weighted by molar-refractivity contribution is -0.130. The number of piperazine rings is 1. The molecule has 1 aliphatic rings. The highest BCUT2D eigenvalue weighted by atomic mass is 19.1. The van der Waals surface area contributed by atoms with Crippen LogP contribution in [0, 0.1) is 18.7 Å². The van der Waals surface area contributed by atoms with Crippen LogP contribution in [0.15, 0.2) is 59.1 Å². The van der Waals surface area contributed by atoms with Gasteiger partial charge in [0.05, 0.1) is 6.04 Å². The number of halogens is 1. The van der Waals surface area contributed by atoms with Crippen LogP contribution in [0.25, 0.3) is 11.3 Å². The Bertz CT molecular complexity index is 1120. The summed E-state index contributed by atoms with van der Waals surface area (Å²) in [7, 11) is 0. The number of rotatable bonds is 5. The molecule has 1 N–H and O–H groups in total. The average Bonchev–Trinajstić information content (AvgIpc) is 3.25. The van der Waals surface area contributed by atoms with Gasteiger partial charge in [0, 0.05) is 18.2 Å². The maximum absolute atomic E-state index is 13.5. The van der Waals surface area contributed by atoms with Crippen LogP contribution in [0.5, 0.6) is 0 Å². The fraction of sp³-hybridized carbons (Fsp3) is 0.320. The number of aromatic nitrogens is 1. The van der Waals surface area contributed by atoms with Gasteiger partial charge in [0.15, 0.2) is 11.5 Å². The van der Waals surface area contributed by atoms with E-state index in [0.29, 0.717) is 24.3 Å². The standard InChI is InChI=1S/C25H26FN3O3/c1-15(2)12-22-24(30)27-21(19-7-5-4-6-16(19)3)14-29(22)25(31)20-13-23(32-28-20)17-8-10-18(26)11-9-17/h4-11,13,15,21-22H,12,14H2,1-3H3,(H,27,30)/t21-,22+/m1/s1. The molecular formula is C25H26FN3O3. The summed E-state index contributed by atoms with van der Waals surface area (Å²) in [5, 5.41) is 7.04. The van der Waals surface area contributed by atoms with Crippen molar-refractivity contribution in [2.75, 3.05) is 6.54 Å². The van der Waals surface area contributed by atoms with Crippen LogP contribution in [-0.2, 0) is 4.79 Å². The normalized spacial score (nSPS) is 18.7. The van der Waals surface area contributed by atoms with Crippen molar-refractivity contribution >= 4 is 11.8 Å². The second-order valence-corrected chi connectivity index (χ2v) is 8.60. The van der Waals surface area contributed by atoms with Gasteiger partial charge in [0.2, 0.25) is 5.91 Å². The SMILES string of the molecule is Cc1ccccc1[C@H]1CN(C(=O)c2cc(-c3ccc(F)cc3)on2)[C@@H](CC(C)C)C(=O)N1. The largest absolute Gasteiger partial charge is 0.355 e. The predicted octanol–water partition coefficient (Wildman–Crippen LogP) is 4.52. The van der Waals surface area contributed by atoms with E-state index in [1.54, 1.807) is 17.0 Å². The fourth-order valence-electron chi connectivity index (χ4n) is 4.11. The van der Waals surface area contributed by atoms with Crippen molar-refractivity contribution in [2.24, 2.45) is 5.92 Å². The molecule has 0 aliphatic carbocycles. The zero-order valence-electron chi connectivity index (χ0n) is 18.3. The molecule has 3 aromatic rings. The van der Waals surface area contributed by atoms with E-state index in [1.807, 2.05) is 45.0 Å². The zero-order valence-corrected chi connectivity index (χ0v) is 18.3. The number of nitrogens with zero attached hydrogens (tertiary/aromatic N) is 2. The van der Waals surface area contributed by atoms with Gasteiger partial charge < -0.3 is 14.7 Å². The molecule has 6 nitrogen and oxygen atoms in total. The van der Waals surface area contributed by atoms with E-state index in [2.05, 4.69) is 10.5 Å². The third kappa shape index (κ3) is 4.42. The van der Waals surface area contributed by atoms with E-state index in [0.717, 1.165) is 11.1 Å². The average molecular weight is 435 g/mol. The Balaban J connectivity index is 1.64. The van der Waals surface area contributed by atoms with Crippen LogP contribution < -0.4 is 5.32 Å². The highest BCUT2D eigenvalue weighted by Crippen LogP contribution is 2.28. The van der Waals surface area contributed by atoms with Crippen LogP contribution >= 0.6 is 0 Å². The van der Waals surface area contributed by atoms with Gasteiger partial charge in [-0.25, -0.2) is 4.39 Å². The second-order valence-electron chi connectivity index (χ2n) is 8.60. The first-order valence-electron chi connectivity index (χ1n) is 10.7. The molecular weight excluding hydrogens is 409 g/mol. The van der Waals surface area contributed by atoms with Crippen LogP contribution in [0.1, 0.15) is 47.9 Å². The monoisotopic (exact) mass is 435 g/mol. The Labute approximate surface area is 186 Å². The molecule has 1 fully saturated rings. The second kappa shape index (κ2) is 8.94. The number of carbonyl (C=O) groups excluding carboxylic acids is 2. The molecule has 0 bridgehead atoms. The van der Waals surface area contributed by atoms with Crippen molar-refractivity contribution in [1.82, 2.24) is 15.4 Å². The van der Waals surface area contributed by atoms with Crippen molar-refractivity contribution in [2.45, 2.75) is 39.3 Å². The molecule has 0 radical (unpaired) electrons. The van der Waals surface area contributed by atoms with E-state index in [1.165, 1.54) is 18.2 Å². The number of aryl methyl sites for hydroxylation is 1. The number of benzene rings is 2. The maximum Gasteiger partial charge on any atom is 0.276 e. The van der Waals surface area contributed by atoms with Gasteiger partial charge in [-0.15, -0.1) is 0 Å². The Morgan fingerprint density at radius 2 is 1.94 bits per heavy atom. The fourth-order valence-corrected chi connectivity index (χ4v) is 4.11. The highest BCUT2D eigenvalue weighted by Gasteiger charge is 2.39. The maximum atomic E-state index is 13.5. The quantitative estimate of drug-likeness (QED) is 0.640. The molecule has 0 unspecified atom stereocenters. The molecule has 0 spiro atoms. The molecule has 2 amide bonds. The van der Waals surface area contributed by atoms with E-state index in [-0.39, 0.29) is 35.3 Å². The minimum atomic E-state index is -0.589. The molecule has 1 aromatic heterocycles. The summed E-state index contributed by atoms with van der Waals surface area (Å²) < 4.78 is 18.6. The summed E-state index contributed by atoms with van der Waals surface area (Å²) in [4.78, 5) is 28.1. The van der Waals surface area contributed by atoms with E-state index < -0.39 is 6.04 Å². The number of hydrogen-bond donors (Lipinski definition) is 1. The summed E-state index contributed by atoms with van der Waals surface area (Å²) in [6, 6.07) is 14.2. The molecule has 7 heteroatoms. The van der Waals surface area contributed by atoms with Crippen molar-refractivity contribution in [3.05, 3.63) is 77.2 Å². The molecule has 32 heavy (non-hydrogen) atoms. The molecule has 0 saturated carbocycles. The Morgan fingerprint density at radius 3 is 2.62 bits per heavy atom. The summed E-state index contributed by atoms with van der Waals surface area (Å²) in [6.07, 6.45) is 0.542. The topological polar surface area (TPSA) is 75.4 Å². The van der Waals surface area contributed by atoms with Gasteiger partial charge in [-0.3, -0.25) is 9.59 Å². The number of nitrogens with one attached hydrogen (secondary N) is 1.